The van der Waals surface area contributed by atoms with Gasteiger partial charge in [0.25, 0.3) is 0 Å². The Labute approximate surface area is 145 Å². The summed E-state index contributed by atoms with van der Waals surface area (Å²) in [6.07, 6.45) is -0.0615. The van der Waals surface area contributed by atoms with Gasteiger partial charge >= 0.3 is 12.1 Å². The van der Waals surface area contributed by atoms with Gasteiger partial charge in [-0.1, -0.05) is 6.92 Å². The van der Waals surface area contributed by atoms with Gasteiger partial charge < -0.3 is 15.3 Å². The second kappa shape index (κ2) is 9.55. The third kappa shape index (κ3) is 7.25. The summed E-state index contributed by atoms with van der Waals surface area (Å²) in [5, 5.41) is 10.6. The minimum Gasteiger partial charge on any atom is -0.475 e. The summed E-state index contributed by atoms with van der Waals surface area (Å²) in [5.41, 5.74) is 2.55. The molecule has 1 aliphatic rings. The van der Waals surface area contributed by atoms with Crippen molar-refractivity contribution in [2.45, 2.75) is 52.3 Å². The van der Waals surface area contributed by atoms with Crippen molar-refractivity contribution in [2.75, 3.05) is 25.0 Å². The van der Waals surface area contributed by atoms with Gasteiger partial charge in [0.2, 0.25) is 0 Å². The second-order valence-corrected chi connectivity index (χ2v) is 6.09. The molecule has 142 valence electrons. The average Bonchev–Trinajstić information content (AvgIpc) is 2.70. The molecule has 2 heterocycles. The highest BCUT2D eigenvalue weighted by atomic mass is 19.4. The zero-order valence-electron chi connectivity index (χ0n) is 14.7. The molecule has 1 aromatic rings. The molecule has 1 aliphatic heterocycles. The van der Waals surface area contributed by atoms with Crippen molar-refractivity contribution in [2.24, 2.45) is 0 Å². The number of rotatable bonds is 4. The number of carboxylic acid groups (broad SMARTS) is 1. The molecule has 0 spiro atoms. The maximum Gasteiger partial charge on any atom is 0.490 e. The van der Waals surface area contributed by atoms with E-state index in [0.717, 1.165) is 31.7 Å². The summed E-state index contributed by atoms with van der Waals surface area (Å²) in [6, 6.07) is 0.416. The topological polar surface area (TPSA) is 78.4 Å². The Morgan fingerprint density at radius 3 is 2.44 bits per heavy atom. The first-order chi connectivity index (χ1) is 11.6. The van der Waals surface area contributed by atoms with E-state index in [1.54, 1.807) is 6.33 Å². The van der Waals surface area contributed by atoms with Gasteiger partial charge in [-0.25, -0.2) is 14.8 Å². The number of aromatic nitrogens is 2. The van der Waals surface area contributed by atoms with Crippen molar-refractivity contribution in [3.63, 3.8) is 0 Å². The largest absolute Gasteiger partial charge is 0.490 e. The predicted octanol–water partition coefficient (Wildman–Crippen LogP) is 2.74. The van der Waals surface area contributed by atoms with Crippen LogP contribution in [0.15, 0.2) is 6.33 Å². The van der Waals surface area contributed by atoms with Crippen molar-refractivity contribution in [1.82, 2.24) is 14.9 Å². The van der Waals surface area contributed by atoms with Crippen LogP contribution in [0.25, 0.3) is 0 Å². The molecule has 2 N–H and O–H groups in total. The Kier molecular flexibility index (Phi) is 8.08. The number of halogens is 3. The van der Waals surface area contributed by atoms with Gasteiger partial charge in [-0.05, 0) is 33.2 Å². The monoisotopic (exact) mass is 362 g/mol. The standard InChI is InChI=1S/C14H24N4.C2HF3O2/c1-4-7-18-8-5-12-13(6-9-18)15-10-16-14(12)17-11(2)3;3-2(4,5)1(6)7/h10-11H,4-9H2,1-3H3,(H,15,16,17);(H,6,7). The smallest absolute Gasteiger partial charge is 0.475 e. The highest BCUT2D eigenvalue weighted by molar-refractivity contribution is 5.73. The fourth-order valence-corrected chi connectivity index (χ4v) is 2.51. The summed E-state index contributed by atoms with van der Waals surface area (Å²) in [7, 11) is 0. The molecule has 9 heteroatoms. The second-order valence-electron chi connectivity index (χ2n) is 6.09. The third-order valence-electron chi connectivity index (χ3n) is 3.59. The molecule has 0 fully saturated rings. The first kappa shape index (κ1) is 21.1. The Balaban J connectivity index is 0.000000381. The van der Waals surface area contributed by atoms with Gasteiger partial charge in [0.1, 0.15) is 12.1 Å². The Hall–Kier alpha value is -1.90. The molecule has 0 saturated carbocycles. The number of alkyl halides is 3. The van der Waals surface area contributed by atoms with Gasteiger partial charge in [-0.15, -0.1) is 0 Å². The van der Waals surface area contributed by atoms with Crippen molar-refractivity contribution >= 4 is 11.8 Å². The van der Waals surface area contributed by atoms with Crippen LogP contribution in [-0.4, -0.2) is 57.8 Å². The number of fused-ring (bicyclic) bond motifs is 1. The van der Waals surface area contributed by atoms with Gasteiger partial charge in [0.05, 0.1) is 5.69 Å². The number of hydrogen-bond acceptors (Lipinski definition) is 5. The van der Waals surface area contributed by atoms with Crippen LogP contribution in [-0.2, 0) is 17.6 Å². The van der Waals surface area contributed by atoms with E-state index in [9.17, 15) is 13.2 Å². The first-order valence-electron chi connectivity index (χ1n) is 8.26. The zero-order valence-corrected chi connectivity index (χ0v) is 14.7. The van der Waals surface area contributed by atoms with Crippen LogP contribution in [0.3, 0.4) is 0 Å². The number of anilines is 1. The Morgan fingerprint density at radius 2 is 1.92 bits per heavy atom. The van der Waals surface area contributed by atoms with E-state index >= 15 is 0 Å². The number of aliphatic carboxylic acids is 1. The maximum absolute atomic E-state index is 10.6. The van der Waals surface area contributed by atoms with E-state index in [1.165, 1.54) is 24.2 Å². The van der Waals surface area contributed by atoms with Crippen LogP contribution < -0.4 is 5.32 Å². The lowest BCUT2D eigenvalue weighted by atomic mass is 10.1. The van der Waals surface area contributed by atoms with Crippen molar-refractivity contribution in [3.05, 3.63) is 17.6 Å². The van der Waals surface area contributed by atoms with E-state index in [-0.39, 0.29) is 0 Å². The highest BCUT2D eigenvalue weighted by Crippen LogP contribution is 2.21. The predicted molar refractivity (Wildman–Crippen MR) is 88.6 cm³/mol. The fourth-order valence-electron chi connectivity index (χ4n) is 2.51. The number of nitrogens with one attached hydrogen (secondary N) is 1. The minimum absolute atomic E-state index is 0.416. The third-order valence-corrected chi connectivity index (χ3v) is 3.59. The van der Waals surface area contributed by atoms with Crippen LogP contribution in [0.1, 0.15) is 38.4 Å². The lowest BCUT2D eigenvalue weighted by molar-refractivity contribution is -0.192. The van der Waals surface area contributed by atoms with E-state index in [2.05, 4.69) is 41.0 Å². The molecule has 0 saturated heterocycles. The molecule has 0 radical (unpaired) electrons. The van der Waals surface area contributed by atoms with Crippen LogP contribution in [0.5, 0.6) is 0 Å². The number of carbonyl (C=O) groups is 1. The number of nitrogens with zero attached hydrogens (tertiary/aromatic N) is 3. The quantitative estimate of drug-likeness (QED) is 0.858. The van der Waals surface area contributed by atoms with Gasteiger partial charge in [-0.3, -0.25) is 0 Å². The van der Waals surface area contributed by atoms with Gasteiger partial charge in [-0.2, -0.15) is 13.2 Å². The highest BCUT2D eigenvalue weighted by Gasteiger charge is 2.38. The molecular weight excluding hydrogens is 337 g/mol. The van der Waals surface area contributed by atoms with Crippen molar-refractivity contribution in [3.8, 4) is 0 Å². The lowest BCUT2D eigenvalue weighted by Gasteiger charge is -2.18. The Bertz CT molecular complexity index is 565. The molecule has 0 bridgehead atoms. The van der Waals surface area contributed by atoms with Crippen molar-refractivity contribution < 1.29 is 23.1 Å². The van der Waals surface area contributed by atoms with Crippen molar-refractivity contribution in [1.29, 1.82) is 0 Å². The van der Waals surface area contributed by atoms with E-state index < -0.39 is 12.1 Å². The van der Waals surface area contributed by atoms with Gasteiger partial charge in [0.15, 0.2) is 0 Å². The van der Waals surface area contributed by atoms with Crippen LogP contribution in [0, 0.1) is 0 Å². The molecular formula is C16H25F3N4O2. The molecule has 2 rings (SSSR count). The van der Waals surface area contributed by atoms with E-state index in [4.69, 9.17) is 9.90 Å². The van der Waals surface area contributed by atoms with Gasteiger partial charge in [0, 0.05) is 31.1 Å². The fraction of sp³-hybridized carbons (Fsp3) is 0.688. The summed E-state index contributed by atoms with van der Waals surface area (Å²) >= 11 is 0. The molecule has 25 heavy (non-hydrogen) atoms. The SMILES string of the molecule is CCCN1CCc2ncnc(NC(C)C)c2CC1.O=C(O)C(F)(F)F. The molecule has 6 nitrogen and oxygen atoms in total. The first-order valence-corrected chi connectivity index (χ1v) is 8.26. The van der Waals surface area contributed by atoms with Crippen LogP contribution in [0.2, 0.25) is 0 Å². The molecule has 0 aliphatic carbocycles. The summed E-state index contributed by atoms with van der Waals surface area (Å²) < 4.78 is 31.7. The Morgan fingerprint density at radius 1 is 1.32 bits per heavy atom. The van der Waals surface area contributed by atoms with Crippen LogP contribution >= 0.6 is 0 Å². The molecule has 1 aromatic heterocycles. The maximum atomic E-state index is 10.6. The van der Waals surface area contributed by atoms with E-state index in [1.807, 2.05) is 0 Å². The lowest BCUT2D eigenvalue weighted by Crippen LogP contribution is -2.27. The zero-order chi connectivity index (χ0) is 19.0. The molecule has 0 aromatic carbocycles. The van der Waals surface area contributed by atoms with Crippen LogP contribution in [0.4, 0.5) is 19.0 Å². The summed E-state index contributed by atoms with van der Waals surface area (Å²) in [4.78, 5) is 20.3. The number of hydrogen-bond donors (Lipinski definition) is 2. The normalized spacial score (nSPS) is 15.0. The number of carboxylic acids is 1. The minimum atomic E-state index is -5.08. The van der Waals surface area contributed by atoms with E-state index in [0.29, 0.717) is 6.04 Å². The average molecular weight is 362 g/mol. The summed E-state index contributed by atoms with van der Waals surface area (Å²) in [6.45, 7) is 9.97. The summed E-state index contributed by atoms with van der Waals surface area (Å²) in [5.74, 6) is -1.72. The molecule has 0 unspecified atom stereocenters. The molecule has 0 amide bonds. The molecule has 0 atom stereocenters.